The molecule has 44 valence electrons. The molecule has 1 heterocycles. The van der Waals surface area contributed by atoms with Gasteiger partial charge in [0.25, 0.3) is 0 Å². The van der Waals surface area contributed by atoms with Crippen LogP contribution in [0, 0.1) is 0 Å². The van der Waals surface area contributed by atoms with E-state index in [1.807, 2.05) is 7.05 Å². The molecular weight excluding hydrogens is 126 g/mol. The second-order valence-corrected chi connectivity index (χ2v) is 1.74. The summed E-state index contributed by atoms with van der Waals surface area (Å²) in [6.07, 6.45) is 1.62. The van der Waals surface area contributed by atoms with Gasteiger partial charge in [0.15, 0.2) is 5.82 Å². The van der Waals surface area contributed by atoms with Crippen molar-refractivity contribution in [3.05, 3.63) is 12.2 Å². The van der Waals surface area contributed by atoms with Gasteiger partial charge in [-0.05, 0) is 0 Å². The van der Waals surface area contributed by atoms with Crippen LogP contribution in [0.25, 0.3) is 0 Å². The third-order valence-electron chi connectivity index (χ3n) is 0.767. The molecule has 0 radical (unpaired) electrons. The largest absolute Gasteiger partial charge is 0.256 e. The smallest absolute Gasteiger partial charge is 0.165 e. The van der Waals surface area contributed by atoms with Crippen LogP contribution in [0.4, 0.5) is 0 Å². The van der Waals surface area contributed by atoms with Crippen molar-refractivity contribution < 1.29 is 0 Å². The highest BCUT2D eigenvalue weighted by Gasteiger charge is 1.91. The molecule has 1 aromatic heterocycles. The summed E-state index contributed by atoms with van der Waals surface area (Å²) >= 11 is 5.40. The Bertz CT molecular complexity index is 172. The third kappa shape index (κ3) is 0.980. The lowest BCUT2D eigenvalue weighted by Gasteiger charge is -1.79. The van der Waals surface area contributed by atoms with Crippen LogP contribution in [0.3, 0.4) is 0 Å². The van der Waals surface area contributed by atoms with E-state index < -0.39 is 0 Å². The van der Waals surface area contributed by atoms with Crippen molar-refractivity contribution in [1.82, 2.24) is 14.8 Å². The average Bonchev–Trinajstić information content (AvgIpc) is 2.14. The van der Waals surface area contributed by atoms with Gasteiger partial charge < -0.3 is 0 Å². The minimum absolute atomic E-state index is 0.390. The first-order valence-corrected chi connectivity index (χ1v) is 2.77. The maximum Gasteiger partial charge on any atom is 0.165 e. The monoisotopic (exact) mass is 131 g/mol. The Morgan fingerprint density at radius 3 is 2.88 bits per heavy atom. The van der Waals surface area contributed by atoms with E-state index in [1.54, 1.807) is 11.0 Å². The van der Waals surface area contributed by atoms with Crippen molar-refractivity contribution in [2.45, 2.75) is 5.88 Å². The lowest BCUT2D eigenvalue weighted by atomic mass is 10.7. The van der Waals surface area contributed by atoms with Gasteiger partial charge in [-0.1, -0.05) is 0 Å². The molecule has 0 saturated carbocycles. The maximum atomic E-state index is 5.40. The summed E-state index contributed by atoms with van der Waals surface area (Å²) in [5, 5.41) is 3.90. The zero-order valence-electron chi connectivity index (χ0n) is 4.50. The lowest BCUT2D eigenvalue weighted by molar-refractivity contribution is 0.754. The molecule has 0 aromatic carbocycles. The number of hydrogen-bond donors (Lipinski definition) is 0. The number of nitrogens with zero attached hydrogens (tertiary/aromatic N) is 3. The van der Waals surface area contributed by atoms with Crippen molar-refractivity contribution in [3.8, 4) is 0 Å². The summed E-state index contributed by atoms with van der Waals surface area (Å²) < 4.78 is 1.62. The molecule has 0 fully saturated rings. The highest BCUT2D eigenvalue weighted by atomic mass is 35.5. The Morgan fingerprint density at radius 2 is 2.62 bits per heavy atom. The summed E-state index contributed by atoms with van der Waals surface area (Å²) in [4.78, 5) is 3.85. The molecule has 8 heavy (non-hydrogen) atoms. The van der Waals surface area contributed by atoms with Crippen molar-refractivity contribution in [3.63, 3.8) is 0 Å². The van der Waals surface area contributed by atoms with E-state index in [2.05, 4.69) is 10.1 Å². The first kappa shape index (κ1) is 5.56. The fraction of sp³-hybridized carbons (Fsp3) is 0.500. The molecule has 0 saturated heterocycles. The van der Waals surface area contributed by atoms with Crippen molar-refractivity contribution in [1.29, 1.82) is 0 Å². The predicted molar refractivity (Wildman–Crippen MR) is 30.6 cm³/mol. The van der Waals surface area contributed by atoms with Gasteiger partial charge in [-0.25, -0.2) is 4.98 Å². The molecule has 0 bridgehead atoms. The zero-order chi connectivity index (χ0) is 5.98. The Balaban J connectivity index is 2.84. The topological polar surface area (TPSA) is 30.7 Å². The molecule has 0 unspecified atom stereocenters. The number of alkyl halides is 1. The standard InChI is InChI=1S/C4H6ClN3/c1-8-3-6-4(2-5)7-8/h3H,2H2,1H3. The highest BCUT2D eigenvalue weighted by molar-refractivity contribution is 6.16. The Labute approximate surface area is 52.3 Å². The summed E-state index contributed by atoms with van der Waals surface area (Å²) in [7, 11) is 1.81. The van der Waals surface area contributed by atoms with Crippen molar-refractivity contribution >= 4 is 11.6 Å². The molecule has 0 spiro atoms. The van der Waals surface area contributed by atoms with Gasteiger partial charge in [-0.3, -0.25) is 4.68 Å². The summed E-state index contributed by atoms with van der Waals surface area (Å²) in [5.41, 5.74) is 0. The Morgan fingerprint density at radius 1 is 1.88 bits per heavy atom. The van der Waals surface area contributed by atoms with Crippen LogP contribution in [0.15, 0.2) is 6.33 Å². The van der Waals surface area contributed by atoms with Gasteiger partial charge in [-0.15, -0.1) is 11.6 Å². The van der Waals surface area contributed by atoms with E-state index in [4.69, 9.17) is 11.6 Å². The Kier molecular flexibility index (Phi) is 1.48. The van der Waals surface area contributed by atoms with Crippen molar-refractivity contribution in [2.24, 2.45) is 7.05 Å². The molecule has 0 aliphatic rings. The first-order chi connectivity index (χ1) is 3.83. The van der Waals surface area contributed by atoms with E-state index in [1.165, 1.54) is 0 Å². The summed E-state index contributed by atoms with van der Waals surface area (Å²) in [5.74, 6) is 1.06. The van der Waals surface area contributed by atoms with Crippen LogP contribution in [0.5, 0.6) is 0 Å². The molecule has 4 heteroatoms. The molecule has 0 atom stereocenters. The first-order valence-electron chi connectivity index (χ1n) is 2.23. The molecule has 3 nitrogen and oxygen atoms in total. The number of hydrogen-bond acceptors (Lipinski definition) is 2. The molecule has 0 amide bonds. The normalized spacial score (nSPS) is 9.75. The Hall–Kier alpha value is -0.570. The molecule has 0 N–H and O–H groups in total. The average molecular weight is 132 g/mol. The van der Waals surface area contributed by atoms with Crippen LogP contribution in [-0.4, -0.2) is 14.8 Å². The molecule has 1 rings (SSSR count). The van der Waals surface area contributed by atoms with Gasteiger partial charge in [0, 0.05) is 7.05 Å². The van der Waals surface area contributed by atoms with Crippen molar-refractivity contribution in [2.75, 3.05) is 0 Å². The minimum atomic E-state index is 0.390. The van der Waals surface area contributed by atoms with E-state index >= 15 is 0 Å². The SMILES string of the molecule is Cn1cnc(CCl)n1. The highest BCUT2D eigenvalue weighted by Crippen LogP contribution is 1.91. The molecule has 1 aromatic rings. The molecular formula is C4H6ClN3. The number of rotatable bonds is 1. The number of aryl methyl sites for hydroxylation is 1. The van der Waals surface area contributed by atoms with E-state index in [0.29, 0.717) is 11.7 Å². The number of halogens is 1. The van der Waals surface area contributed by atoms with Crippen LogP contribution < -0.4 is 0 Å². The maximum absolute atomic E-state index is 5.40. The van der Waals surface area contributed by atoms with Crippen LogP contribution in [0.2, 0.25) is 0 Å². The summed E-state index contributed by atoms with van der Waals surface area (Å²) in [6, 6.07) is 0. The van der Waals surface area contributed by atoms with E-state index in [-0.39, 0.29) is 0 Å². The third-order valence-corrected chi connectivity index (χ3v) is 1.01. The van der Waals surface area contributed by atoms with Gasteiger partial charge in [0.2, 0.25) is 0 Å². The van der Waals surface area contributed by atoms with Crippen LogP contribution >= 0.6 is 11.6 Å². The van der Waals surface area contributed by atoms with Crippen LogP contribution in [-0.2, 0) is 12.9 Å². The lowest BCUT2D eigenvalue weighted by Crippen LogP contribution is -1.88. The summed E-state index contributed by atoms with van der Waals surface area (Å²) in [6.45, 7) is 0. The zero-order valence-corrected chi connectivity index (χ0v) is 5.26. The van der Waals surface area contributed by atoms with E-state index in [0.717, 1.165) is 0 Å². The van der Waals surface area contributed by atoms with E-state index in [9.17, 15) is 0 Å². The molecule has 0 aliphatic carbocycles. The second kappa shape index (κ2) is 2.13. The fourth-order valence-electron chi connectivity index (χ4n) is 0.445. The number of aromatic nitrogens is 3. The van der Waals surface area contributed by atoms with Gasteiger partial charge in [0.1, 0.15) is 6.33 Å². The predicted octanol–water partition coefficient (Wildman–Crippen LogP) is 0.554. The second-order valence-electron chi connectivity index (χ2n) is 1.47. The quantitative estimate of drug-likeness (QED) is 0.522. The van der Waals surface area contributed by atoms with Crippen LogP contribution in [0.1, 0.15) is 5.82 Å². The molecule has 0 aliphatic heterocycles. The van der Waals surface area contributed by atoms with Gasteiger partial charge >= 0.3 is 0 Å². The van der Waals surface area contributed by atoms with Gasteiger partial charge in [0.05, 0.1) is 5.88 Å². The minimum Gasteiger partial charge on any atom is -0.256 e. The van der Waals surface area contributed by atoms with Gasteiger partial charge in [-0.2, -0.15) is 5.10 Å². The fourth-order valence-corrected chi connectivity index (χ4v) is 0.568.